The molecule has 0 spiro atoms. The van der Waals surface area contributed by atoms with E-state index in [1.165, 1.54) is 0 Å². The van der Waals surface area contributed by atoms with Crippen LogP contribution in [0.3, 0.4) is 0 Å². The summed E-state index contributed by atoms with van der Waals surface area (Å²) in [5, 5.41) is 4.30. The van der Waals surface area contributed by atoms with Crippen molar-refractivity contribution in [1.82, 2.24) is 5.32 Å². The summed E-state index contributed by atoms with van der Waals surface area (Å²) >= 11 is 0. The lowest BCUT2D eigenvalue weighted by Gasteiger charge is -2.34. The third-order valence-electron chi connectivity index (χ3n) is 4.51. The highest BCUT2D eigenvalue weighted by atomic mass is 16.5. The summed E-state index contributed by atoms with van der Waals surface area (Å²) in [5.41, 5.74) is 5.82. The topological polar surface area (TPSA) is 86.7 Å². The summed E-state index contributed by atoms with van der Waals surface area (Å²) in [7, 11) is 1.62. The van der Waals surface area contributed by atoms with Crippen LogP contribution in [-0.4, -0.2) is 32.8 Å². The number of methoxy groups -OCH3 is 1. The maximum atomic E-state index is 11.8. The number of amides is 1. The van der Waals surface area contributed by atoms with Crippen LogP contribution in [0.15, 0.2) is 28.7 Å². The first-order valence-corrected chi connectivity index (χ1v) is 7.78. The van der Waals surface area contributed by atoms with Gasteiger partial charge < -0.3 is 24.9 Å². The van der Waals surface area contributed by atoms with Gasteiger partial charge in [0.25, 0.3) is 0 Å². The van der Waals surface area contributed by atoms with Crippen molar-refractivity contribution in [2.75, 3.05) is 26.9 Å². The second-order valence-corrected chi connectivity index (χ2v) is 5.95. The fourth-order valence-electron chi connectivity index (χ4n) is 3.03. The quantitative estimate of drug-likeness (QED) is 0.848. The molecule has 1 aromatic carbocycles. The smallest absolute Gasteiger partial charge is 0.225 e. The lowest BCUT2D eigenvalue weighted by molar-refractivity contribution is -0.132. The molecule has 0 radical (unpaired) electrons. The number of para-hydroxylation sites is 1. The minimum Gasteiger partial charge on any atom is -0.493 e. The fraction of sp³-hybridized carbons (Fsp3) is 0.471. The van der Waals surface area contributed by atoms with Gasteiger partial charge in [-0.3, -0.25) is 4.79 Å². The van der Waals surface area contributed by atoms with Gasteiger partial charge in [0.1, 0.15) is 5.76 Å². The van der Waals surface area contributed by atoms with Gasteiger partial charge in [0, 0.05) is 25.1 Å². The molecular formula is C17H22N2O4. The molecule has 6 nitrogen and oxygen atoms in total. The number of carbonyl (C=O) groups excluding carboxylic acids is 1. The molecule has 3 rings (SSSR count). The largest absolute Gasteiger partial charge is 0.493 e. The average Bonchev–Trinajstić information content (AvgIpc) is 2.98. The van der Waals surface area contributed by atoms with Crippen LogP contribution >= 0.6 is 0 Å². The predicted octanol–water partition coefficient (Wildman–Crippen LogP) is 1.81. The van der Waals surface area contributed by atoms with E-state index in [4.69, 9.17) is 19.6 Å². The van der Waals surface area contributed by atoms with Crippen LogP contribution in [0.4, 0.5) is 0 Å². The van der Waals surface area contributed by atoms with Crippen molar-refractivity contribution in [3.05, 3.63) is 30.0 Å². The summed E-state index contributed by atoms with van der Waals surface area (Å²) in [6.45, 7) is 2.21. The summed E-state index contributed by atoms with van der Waals surface area (Å²) in [5.74, 6) is 1.25. The molecule has 2 heterocycles. The van der Waals surface area contributed by atoms with E-state index in [9.17, 15) is 4.79 Å². The van der Waals surface area contributed by atoms with E-state index in [1.807, 2.05) is 24.3 Å². The number of benzene rings is 1. The zero-order valence-corrected chi connectivity index (χ0v) is 13.3. The second-order valence-electron chi connectivity index (χ2n) is 5.95. The van der Waals surface area contributed by atoms with Gasteiger partial charge in [-0.2, -0.15) is 0 Å². The molecule has 0 saturated carbocycles. The molecule has 0 unspecified atom stereocenters. The van der Waals surface area contributed by atoms with Crippen molar-refractivity contribution in [2.24, 2.45) is 11.1 Å². The van der Waals surface area contributed by atoms with Crippen molar-refractivity contribution in [1.29, 1.82) is 0 Å². The van der Waals surface area contributed by atoms with E-state index in [2.05, 4.69) is 5.32 Å². The Morgan fingerprint density at radius 2 is 2.17 bits per heavy atom. The molecule has 0 atom stereocenters. The molecule has 1 saturated heterocycles. The summed E-state index contributed by atoms with van der Waals surface area (Å²) in [6, 6.07) is 7.76. The van der Waals surface area contributed by atoms with Gasteiger partial charge in [0.2, 0.25) is 5.91 Å². The Morgan fingerprint density at radius 3 is 2.87 bits per heavy atom. The molecule has 0 aliphatic carbocycles. The number of rotatable bonds is 6. The number of hydrogen-bond acceptors (Lipinski definition) is 5. The highest BCUT2D eigenvalue weighted by Gasteiger charge is 2.38. The van der Waals surface area contributed by atoms with E-state index in [-0.39, 0.29) is 5.91 Å². The molecule has 0 bridgehead atoms. The van der Waals surface area contributed by atoms with Gasteiger partial charge in [-0.25, -0.2) is 0 Å². The van der Waals surface area contributed by atoms with E-state index in [1.54, 1.807) is 7.11 Å². The Balaban J connectivity index is 1.67. The number of fused-ring (bicyclic) bond motifs is 1. The zero-order chi connectivity index (χ0) is 16.3. The van der Waals surface area contributed by atoms with Gasteiger partial charge >= 0.3 is 0 Å². The van der Waals surface area contributed by atoms with Gasteiger partial charge in [-0.05, 0) is 25.0 Å². The second kappa shape index (κ2) is 6.60. The lowest BCUT2D eigenvalue weighted by atomic mass is 9.79. The molecular weight excluding hydrogens is 296 g/mol. The van der Waals surface area contributed by atoms with Crippen LogP contribution in [0, 0.1) is 5.41 Å². The van der Waals surface area contributed by atoms with Gasteiger partial charge in [0.05, 0.1) is 19.1 Å². The van der Waals surface area contributed by atoms with Gasteiger partial charge in [-0.15, -0.1) is 0 Å². The van der Waals surface area contributed by atoms with Crippen LogP contribution in [0.1, 0.15) is 18.6 Å². The number of furan rings is 1. The van der Waals surface area contributed by atoms with Crippen molar-refractivity contribution in [3.63, 3.8) is 0 Å². The maximum Gasteiger partial charge on any atom is 0.225 e. The summed E-state index contributed by atoms with van der Waals surface area (Å²) < 4.78 is 16.5. The Labute approximate surface area is 134 Å². The Morgan fingerprint density at radius 1 is 1.39 bits per heavy atom. The highest BCUT2D eigenvalue weighted by Crippen LogP contribution is 2.30. The lowest BCUT2D eigenvalue weighted by Crippen LogP contribution is -2.48. The Bertz CT molecular complexity index is 689. The predicted molar refractivity (Wildman–Crippen MR) is 86.2 cm³/mol. The Kier molecular flexibility index (Phi) is 4.54. The van der Waals surface area contributed by atoms with Crippen LogP contribution in [-0.2, 0) is 16.1 Å². The summed E-state index contributed by atoms with van der Waals surface area (Å²) in [4.78, 5) is 11.8. The average molecular weight is 318 g/mol. The number of hydrogen-bond donors (Lipinski definition) is 2. The monoisotopic (exact) mass is 318 g/mol. The van der Waals surface area contributed by atoms with Crippen LogP contribution in [0.5, 0.6) is 5.75 Å². The minimum atomic E-state index is -0.526. The molecule has 3 N–H and O–H groups in total. The van der Waals surface area contributed by atoms with E-state index in [0.717, 1.165) is 16.7 Å². The number of primary amides is 1. The van der Waals surface area contributed by atoms with Crippen LogP contribution in [0.25, 0.3) is 11.0 Å². The molecule has 1 aromatic heterocycles. The van der Waals surface area contributed by atoms with E-state index in [0.29, 0.717) is 44.9 Å². The van der Waals surface area contributed by atoms with Crippen molar-refractivity contribution in [3.8, 4) is 5.75 Å². The van der Waals surface area contributed by atoms with Crippen molar-refractivity contribution >= 4 is 16.9 Å². The maximum absolute atomic E-state index is 11.8. The summed E-state index contributed by atoms with van der Waals surface area (Å²) in [6.07, 6.45) is 1.31. The fourth-order valence-corrected chi connectivity index (χ4v) is 3.03. The van der Waals surface area contributed by atoms with Crippen molar-refractivity contribution in [2.45, 2.75) is 19.4 Å². The number of nitrogens with one attached hydrogen (secondary N) is 1. The first-order valence-electron chi connectivity index (χ1n) is 7.78. The highest BCUT2D eigenvalue weighted by molar-refractivity contribution is 5.83. The van der Waals surface area contributed by atoms with Crippen molar-refractivity contribution < 1.29 is 18.7 Å². The third-order valence-corrected chi connectivity index (χ3v) is 4.51. The molecule has 1 aliphatic rings. The molecule has 1 aliphatic heterocycles. The van der Waals surface area contributed by atoms with Gasteiger partial charge in [0.15, 0.2) is 11.3 Å². The number of carbonyl (C=O) groups is 1. The SMILES string of the molecule is COc1cccc2cc(CNCC3(C(N)=O)CCOCC3)oc12. The van der Waals surface area contributed by atoms with E-state index < -0.39 is 5.41 Å². The molecule has 1 amide bonds. The normalized spacial score (nSPS) is 17.3. The molecule has 124 valence electrons. The van der Waals surface area contributed by atoms with Crippen LogP contribution in [0.2, 0.25) is 0 Å². The molecule has 2 aromatic rings. The Hall–Kier alpha value is -2.05. The van der Waals surface area contributed by atoms with E-state index >= 15 is 0 Å². The molecule has 1 fully saturated rings. The molecule has 6 heteroatoms. The first kappa shape index (κ1) is 15.8. The molecule has 23 heavy (non-hydrogen) atoms. The first-order chi connectivity index (χ1) is 11.1. The standard InChI is InChI=1S/C17H22N2O4/c1-21-14-4-2-3-12-9-13(23-15(12)14)10-19-11-17(16(18)20)5-7-22-8-6-17/h2-4,9,19H,5-8,10-11H2,1H3,(H2,18,20). The third kappa shape index (κ3) is 3.18. The minimum absolute atomic E-state index is 0.264. The number of ether oxygens (including phenoxy) is 2. The van der Waals surface area contributed by atoms with Gasteiger partial charge in [-0.1, -0.05) is 12.1 Å². The zero-order valence-electron chi connectivity index (χ0n) is 13.3. The number of nitrogens with two attached hydrogens (primary N) is 1. The van der Waals surface area contributed by atoms with Crippen LogP contribution < -0.4 is 15.8 Å².